The van der Waals surface area contributed by atoms with Gasteiger partial charge in [-0.3, -0.25) is 5.41 Å². The molecule has 0 unspecified atom stereocenters. The molecule has 8 rings (SSSR count). The molecule has 0 spiro atoms. The number of benzene rings is 5. The van der Waals surface area contributed by atoms with Gasteiger partial charge in [0.15, 0.2) is 0 Å². The molecule has 1 aliphatic rings. The van der Waals surface area contributed by atoms with Crippen LogP contribution in [0.1, 0.15) is 27.1 Å². The topological polar surface area (TPSA) is 40.8 Å². The van der Waals surface area contributed by atoms with Crippen molar-refractivity contribution in [2.45, 2.75) is 0 Å². The molecule has 0 radical (unpaired) electrons. The molecule has 0 saturated heterocycles. The molecule has 0 aliphatic carbocycles. The van der Waals surface area contributed by atoms with Crippen molar-refractivity contribution in [3.63, 3.8) is 0 Å². The van der Waals surface area contributed by atoms with Crippen LogP contribution in [0.2, 0.25) is 0 Å². The Hall–Kier alpha value is -5.45. The molecule has 3 heterocycles. The zero-order valence-corrected chi connectivity index (χ0v) is 24.1. The first-order valence-electron chi connectivity index (χ1n) is 14.4. The van der Waals surface area contributed by atoms with E-state index in [9.17, 15) is 5.41 Å². The number of aromatic nitrogens is 1. The zero-order valence-electron chi connectivity index (χ0n) is 23.3. The van der Waals surface area contributed by atoms with Crippen LogP contribution in [-0.4, -0.2) is 10.3 Å². The van der Waals surface area contributed by atoms with Crippen LogP contribution in [0.15, 0.2) is 145 Å². The number of para-hydroxylation sites is 2. The average molecular weight is 570 g/mol. The lowest BCUT2D eigenvalue weighted by Crippen LogP contribution is -2.20. The standard InChI is InChI=1S/C39H27N3S/c40-38(26-12-3-1-4-13-26)37(39-30-17-8-7-14-27(30)24-33(41-39)36-20-11-23-43-36)28-21-22-32-31-18-9-10-19-34(31)42(35(32)25-28)29-15-5-2-6-16-29/h1-25,40-41H/b39-37-,40-38?. The Morgan fingerprint density at radius 1 is 0.628 bits per heavy atom. The Kier molecular flexibility index (Phi) is 6.13. The summed E-state index contributed by atoms with van der Waals surface area (Å²) in [5.74, 6) is 0. The van der Waals surface area contributed by atoms with Crippen molar-refractivity contribution in [1.29, 1.82) is 5.41 Å². The van der Waals surface area contributed by atoms with Crippen LogP contribution in [0, 0.1) is 5.41 Å². The van der Waals surface area contributed by atoms with Crippen molar-refractivity contribution in [3.05, 3.63) is 172 Å². The second-order valence-corrected chi connectivity index (χ2v) is 11.6. The van der Waals surface area contributed by atoms with E-state index in [-0.39, 0.29) is 0 Å². The highest BCUT2D eigenvalue weighted by molar-refractivity contribution is 7.11. The second-order valence-electron chi connectivity index (χ2n) is 10.7. The lowest BCUT2D eigenvalue weighted by Gasteiger charge is -2.25. The van der Waals surface area contributed by atoms with Gasteiger partial charge in [-0.05, 0) is 52.9 Å². The van der Waals surface area contributed by atoms with Crippen LogP contribution in [0.25, 0.3) is 50.5 Å². The van der Waals surface area contributed by atoms with Gasteiger partial charge in [0.25, 0.3) is 0 Å². The fourth-order valence-corrected chi connectivity index (χ4v) is 6.85. The summed E-state index contributed by atoms with van der Waals surface area (Å²) in [6, 6.07) is 48.5. The molecule has 204 valence electrons. The van der Waals surface area contributed by atoms with Crippen molar-refractivity contribution < 1.29 is 0 Å². The SMILES string of the molecule is N=C(/C(=C1\NC(c2cccs2)=Cc2ccccc21)c1ccc2c3ccccc3n(-c3ccccc3)c2c1)c1ccccc1. The highest BCUT2D eigenvalue weighted by Crippen LogP contribution is 2.39. The van der Waals surface area contributed by atoms with E-state index < -0.39 is 0 Å². The largest absolute Gasteiger partial charge is 0.353 e. The maximum Gasteiger partial charge on any atom is 0.0711 e. The number of nitrogens with zero attached hydrogens (tertiary/aromatic N) is 1. The van der Waals surface area contributed by atoms with Gasteiger partial charge in [0.2, 0.25) is 0 Å². The van der Waals surface area contributed by atoms with E-state index in [0.717, 1.165) is 60.8 Å². The molecule has 43 heavy (non-hydrogen) atoms. The molecule has 3 nitrogen and oxygen atoms in total. The van der Waals surface area contributed by atoms with Crippen LogP contribution in [0.4, 0.5) is 0 Å². The number of allylic oxidation sites excluding steroid dienone is 1. The van der Waals surface area contributed by atoms with E-state index in [0.29, 0.717) is 5.71 Å². The number of thiophene rings is 1. The molecular weight excluding hydrogens is 543 g/mol. The summed E-state index contributed by atoms with van der Waals surface area (Å²) in [7, 11) is 0. The molecule has 7 aromatic rings. The molecule has 4 heteroatoms. The maximum absolute atomic E-state index is 9.65. The Balaban J connectivity index is 1.43. The molecule has 1 aliphatic heterocycles. The van der Waals surface area contributed by atoms with Gasteiger partial charge in [-0.25, -0.2) is 0 Å². The lowest BCUT2D eigenvalue weighted by atomic mass is 9.88. The number of hydrogen-bond donors (Lipinski definition) is 2. The highest BCUT2D eigenvalue weighted by atomic mass is 32.1. The molecule has 5 aromatic carbocycles. The van der Waals surface area contributed by atoms with Crippen molar-refractivity contribution in [3.8, 4) is 5.69 Å². The minimum absolute atomic E-state index is 0.479. The Labute approximate surface area is 254 Å². The van der Waals surface area contributed by atoms with E-state index in [1.165, 1.54) is 10.8 Å². The molecular formula is C39H27N3S. The average Bonchev–Trinajstić information content (AvgIpc) is 3.72. The fraction of sp³-hybridized carbons (Fsp3) is 0. The van der Waals surface area contributed by atoms with Gasteiger partial charge >= 0.3 is 0 Å². The minimum Gasteiger partial charge on any atom is -0.353 e. The monoisotopic (exact) mass is 569 g/mol. The summed E-state index contributed by atoms with van der Waals surface area (Å²) in [4.78, 5) is 1.16. The van der Waals surface area contributed by atoms with Gasteiger partial charge in [0, 0.05) is 33.2 Å². The highest BCUT2D eigenvalue weighted by Gasteiger charge is 2.25. The number of rotatable bonds is 5. The van der Waals surface area contributed by atoms with Crippen molar-refractivity contribution in [2.75, 3.05) is 0 Å². The van der Waals surface area contributed by atoms with Gasteiger partial charge in [-0.1, -0.05) is 109 Å². The first-order chi connectivity index (χ1) is 21.3. The molecule has 2 N–H and O–H groups in total. The van der Waals surface area contributed by atoms with Crippen LogP contribution in [0.5, 0.6) is 0 Å². The third kappa shape index (κ3) is 4.32. The third-order valence-corrected chi connectivity index (χ3v) is 9.02. The van der Waals surface area contributed by atoms with Crippen molar-refractivity contribution in [1.82, 2.24) is 9.88 Å². The van der Waals surface area contributed by atoms with Crippen LogP contribution in [-0.2, 0) is 0 Å². The predicted molar refractivity (Wildman–Crippen MR) is 183 cm³/mol. The Morgan fingerprint density at radius 2 is 1.35 bits per heavy atom. The van der Waals surface area contributed by atoms with Crippen LogP contribution < -0.4 is 5.32 Å². The lowest BCUT2D eigenvalue weighted by molar-refractivity contribution is 1.18. The van der Waals surface area contributed by atoms with E-state index in [1.807, 2.05) is 30.3 Å². The van der Waals surface area contributed by atoms with E-state index in [1.54, 1.807) is 11.3 Å². The third-order valence-electron chi connectivity index (χ3n) is 8.12. The van der Waals surface area contributed by atoms with Gasteiger partial charge < -0.3 is 9.88 Å². The first kappa shape index (κ1) is 25.3. The maximum atomic E-state index is 9.65. The summed E-state index contributed by atoms with van der Waals surface area (Å²) < 4.78 is 2.34. The van der Waals surface area contributed by atoms with Gasteiger partial charge in [-0.15, -0.1) is 11.3 Å². The van der Waals surface area contributed by atoms with Gasteiger partial charge in [0.1, 0.15) is 0 Å². The molecule has 0 bridgehead atoms. The number of fused-ring (bicyclic) bond motifs is 4. The van der Waals surface area contributed by atoms with Gasteiger partial charge in [0.05, 0.1) is 33.0 Å². The van der Waals surface area contributed by atoms with E-state index in [4.69, 9.17) is 0 Å². The van der Waals surface area contributed by atoms with Crippen LogP contribution in [0.3, 0.4) is 0 Å². The fourth-order valence-electron chi connectivity index (χ4n) is 6.15. The predicted octanol–water partition coefficient (Wildman–Crippen LogP) is 9.88. The summed E-state index contributed by atoms with van der Waals surface area (Å²) in [6.45, 7) is 0. The molecule has 2 aromatic heterocycles. The van der Waals surface area contributed by atoms with Crippen molar-refractivity contribution in [2.24, 2.45) is 0 Å². The van der Waals surface area contributed by atoms with Gasteiger partial charge in [-0.2, -0.15) is 0 Å². The van der Waals surface area contributed by atoms with E-state index in [2.05, 4.69) is 131 Å². The van der Waals surface area contributed by atoms with Crippen LogP contribution >= 0.6 is 11.3 Å². The second kappa shape index (κ2) is 10.4. The molecule has 0 fully saturated rings. The molecule has 0 atom stereocenters. The molecule has 0 amide bonds. The summed E-state index contributed by atoms with van der Waals surface area (Å²) in [5.41, 5.74) is 10.8. The van der Waals surface area contributed by atoms with Crippen molar-refractivity contribution >= 4 is 61.9 Å². The molecule has 0 saturated carbocycles. The first-order valence-corrected chi connectivity index (χ1v) is 15.2. The zero-order chi connectivity index (χ0) is 28.8. The number of nitrogens with one attached hydrogen (secondary N) is 2. The normalized spacial score (nSPS) is 13.8. The smallest absolute Gasteiger partial charge is 0.0711 e. The quantitative estimate of drug-likeness (QED) is 0.199. The Morgan fingerprint density at radius 3 is 2.16 bits per heavy atom. The summed E-state index contributed by atoms with van der Waals surface area (Å²) >= 11 is 1.71. The van der Waals surface area contributed by atoms with E-state index >= 15 is 0 Å². The number of hydrogen-bond acceptors (Lipinski definition) is 3. The Bertz CT molecular complexity index is 2200. The summed E-state index contributed by atoms with van der Waals surface area (Å²) in [5, 5.41) is 17.9. The summed E-state index contributed by atoms with van der Waals surface area (Å²) in [6.07, 6.45) is 2.21. The minimum atomic E-state index is 0.479.